The number of aliphatic imine (C=N–C) groups is 1. The topological polar surface area (TPSA) is 92.7 Å². The minimum atomic E-state index is -0.613. The van der Waals surface area contributed by atoms with E-state index < -0.39 is 5.97 Å². The molecule has 1 heterocycles. The fourth-order valence-corrected chi connectivity index (χ4v) is 3.24. The molecule has 7 heteroatoms. The third-order valence-electron chi connectivity index (χ3n) is 4.86. The first kappa shape index (κ1) is 24.5. The van der Waals surface area contributed by atoms with E-state index in [9.17, 15) is 9.59 Å². The van der Waals surface area contributed by atoms with Gasteiger partial charge in [-0.2, -0.15) is 0 Å². The van der Waals surface area contributed by atoms with Crippen molar-refractivity contribution >= 4 is 23.5 Å². The summed E-state index contributed by atoms with van der Waals surface area (Å²) in [5.41, 5.74) is 4.19. The van der Waals surface area contributed by atoms with Crippen LogP contribution in [0.3, 0.4) is 0 Å². The van der Waals surface area contributed by atoms with E-state index in [2.05, 4.69) is 33.8 Å². The highest BCUT2D eigenvalue weighted by Crippen LogP contribution is 2.28. The Hall–Kier alpha value is -3.74. The Bertz CT molecular complexity index is 1050. The maximum atomic E-state index is 13.1. The molecule has 0 aliphatic heterocycles. The van der Waals surface area contributed by atoms with Crippen molar-refractivity contribution in [1.29, 1.82) is 0 Å². The molecule has 0 radical (unpaired) electrons. The second-order valence-corrected chi connectivity index (χ2v) is 6.94. The molecular weight excluding hydrogens is 404 g/mol. The van der Waals surface area contributed by atoms with Gasteiger partial charge in [0.1, 0.15) is 11.4 Å². The number of ether oxygens (including phenoxy) is 1. The molecule has 0 aromatic carbocycles. The number of pyridine rings is 1. The average Bonchev–Trinajstić information content (AvgIpc) is 2.91. The first-order chi connectivity index (χ1) is 15.4. The van der Waals surface area contributed by atoms with E-state index >= 15 is 0 Å². The molecular formula is C25H30N4O3. The summed E-state index contributed by atoms with van der Waals surface area (Å²) in [5, 5.41) is 6.05. The summed E-state index contributed by atoms with van der Waals surface area (Å²) < 4.78 is 5.06. The van der Waals surface area contributed by atoms with Gasteiger partial charge in [-0.25, -0.2) is 9.79 Å². The molecule has 0 spiro atoms. The van der Waals surface area contributed by atoms with Gasteiger partial charge in [0.25, 0.3) is 0 Å². The minimum Gasteiger partial charge on any atom is -0.462 e. The number of nitrogens with zero attached hydrogens (tertiary/aromatic N) is 2. The normalized spacial score (nSPS) is 15.1. The molecule has 2 N–H and O–H groups in total. The third-order valence-corrected chi connectivity index (χ3v) is 4.86. The zero-order chi connectivity index (χ0) is 23.7. The second-order valence-electron chi connectivity index (χ2n) is 6.94. The fraction of sp³-hybridized carbons (Fsp3) is 0.280. The Morgan fingerprint density at radius 2 is 2.09 bits per heavy atom. The maximum Gasteiger partial charge on any atom is 0.341 e. The number of carbonyl (C=O) groups is 2. The first-order valence-electron chi connectivity index (χ1n) is 10.4. The third kappa shape index (κ3) is 5.91. The van der Waals surface area contributed by atoms with Crippen molar-refractivity contribution in [1.82, 2.24) is 15.6 Å². The van der Waals surface area contributed by atoms with Crippen LogP contribution in [0.15, 0.2) is 71.4 Å². The van der Waals surface area contributed by atoms with Gasteiger partial charge in [-0.3, -0.25) is 9.78 Å². The van der Waals surface area contributed by atoms with Crippen LogP contribution in [0.25, 0.3) is 5.57 Å². The molecule has 0 saturated heterocycles. The SMILES string of the molecule is C=C(/N=C\Cc1cnc2c(c1)C(=O)C(C(=O)OCC)=CC/C2=C/C)NC(=C)/C(=C\C)NC. The number of esters is 1. The van der Waals surface area contributed by atoms with Crippen molar-refractivity contribution < 1.29 is 14.3 Å². The molecule has 0 amide bonds. The molecule has 0 bridgehead atoms. The van der Waals surface area contributed by atoms with E-state index in [-0.39, 0.29) is 18.0 Å². The molecule has 168 valence electrons. The number of nitrogens with one attached hydrogen (secondary N) is 2. The molecule has 1 aliphatic carbocycles. The quantitative estimate of drug-likeness (QED) is 0.265. The first-order valence-corrected chi connectivity index (χ1v) is 10.4. The monoisotopic (exact) mass is 434 g/mol. The molecule has 0 fully saturated rings. The van der Waals surface area contributed by atoms with Crippen molar-refractivity contribution in [2.24, 2.45) is 4.99 Å². The molecule has 1 aliphatic rings. The van der Waals surface area contributed by atoms with Crippen molar-refractivity contribution in [2.45, 2.75) is 33.6 Å². The molecule has 1 aromatic rings. The lowest BCUT2D eigenvalue weighted by Crippen LogP contribution is -2.18. The summed E-state index contributed by atoms with van der Waals surface area (Å²) in [6, 6.07) is 1.76. The highest BCUT2D eigenvalue weighted by Gasteiger charge is 2.27. The van der Waals surface area contributed by atoms with Crippen molar-refractivity contribution in [3.8, 4) is 0 Å². The van der Waals surface area contributed by atoms with Crippen LogP contribution in [-0.4, -0.2) is 36.6 Å². The predicted molar refractivity (Wildman–Crippen MR) is 128 cm³/mol. The maximum absolute atomic E-state index is 13.1. The number of likely N-dealkylation sites (N-methyl/N-ethyl adjacent to an activating group) is 1. The van der Waals surface area contributed by atoms with E-state index in [1.54, 1.807) is 31.5 Å². The van der Waals surface area contributed by atoms with Crippen LogP contribution >= 0.6 is 0 Å². The van der Waals surface area contributed by atoms with Crippen LogP contribution in [0.1, 0.15) is 48.8 Å². The number of hydrogen-bond donors (Lipinski definition) is 2. The lowest BCUT2D eigenvalue weighted by atomic mass is 9.99. The highest BCUT2D eigenvalue weighted by molar-refractivity contribution is 6.26. The average molecular weight is 435 g/mol. The molecule has 1 aromatic heterocycles. The zero-order valence-electron chi connectivity index (χ0n) is 19.1. The van der Waals surface area contributed by atoms with Crippen LogP contribution in [0.4, 0.5) is 0 Å². The Kier molecular flexibility index (Phi) is 8.89. The number of hydrogen-bond acceptors (Lipinski definition) is 7. The standard InChI is InChI=1S/C25H30N4O3/c1-7-19-10-11-20(25(31)32-9-3)24(30)21-14-18(15-28-23(19)21)12-13-27-17(5)29-16(4)22(8-2)26-6/h7-8,11,13-15,26,29H,4-5,9-10,12H2,1-3,6H3/b19-7-,22-8+,27-13-. The number of Topliss-reactive ketones (excluding diaryl/α,β-unsaturated/α-hetero) is 1. The summed E-state index contributed by atoms with van der Waals surface area (Å²) in [5.74, 6) is -0.556. The van der Waals surface area contributed by atoms with Crippen LogP contribution in [0.2, 0.25) is 0 Å². The zero-order valence-corrected chi connectivity index (χ0v) is 19.1. The van der Waals surface area contributed by atoms with Gasteiger partial charge in [0.2, 0.25) is 5.78 Å². The van der Waals surface area contributed by atoms with Gasteiger partial charge < -0.3 is 15.4 Å². The molecule has 32 heavy (non-hydrogen) atoms. The van der Waals surface area contributed by atoms with Crippen LogP contribution in [0, 0.1) is 0 Å². The molecule has 0 saturated carbocycles. The van der Waals surface area contributed by atoms with Gasteiger partial charge >= 0.3 is 5.97 Å². The Balaban J connectivity index is 2.21. The highest BCUT2D eigenvalue weighted by atomic mass is 16.5. The summed E-state index contributed by atoms with van der Waals surface area (Å²) in [7, 11) is 1.81. The number of carbonyl (C=O) groups excluding carboxylic acids is 2. The Labute approximate surface area is 189 Å². The lowest BCUT2D eigenvalue weighted by Gasteiger charge is -2.12. The molecule has 2 rings (SSSR count). The van der Waals surface area contributed by atoms with E-state index in [0.717, 1.165) is 16.8 Å². The van der Waals surface area contributed by atoms with Gasteiger partial charge in [-0.05, 0) is 44.4 Å². The summed E-state index contributed by atoms with van der Waals surface area (Å²) in [6.45, 7) is 13.5. The van der Waals surface area contributed by atoms with Crippen LogP contribution < -0.4 is 10.6 Å². The smallest absolute Gasteiger partial charge is 0.341 e. The van der Waals surface area contributed by atoms with Gasteiger partial charge in [0.15, 0.2) is 0 Å². The van der Waals surface area contributed by atoms with E-state index in [1.165, 1.54) is 0 Å². The van der Waals surface area contributed by atoms with Crippen molar-refractivity contribution in [2.75, 3.05) is 13.7 Å². The molecule has 0 unspecified atom stereocenters. The number of fused-ring (bicyclic) bond motifs is 1. The minimum absolute atomic E-state index is 0.0398. The largest absolute Gasteiger partial charge is 0.462 e. The van der Waals surface area contributed by atoms with E-state index in [0.29, 0.717) is 35.6 Å². The molecule has 0 atom stereocenters. The predicted octanol–water partition coefficient (Wildman–Crippen LogP) is 3.87. The number of allylic oxidation sites excluding steroid dienone is 4. The van der Waals surface area contributed by atoms with Gasteiger partial charge in [-0.15, -0.1) is 0 Å². The Morgan fingerprint density at radius 1 is 1.34 bits per heavy atom. The van der Waals surface area contributed by atoms with Crippen LogP contribution in [0.5, 0.6) is 0 Å². The lowest BCUT2D eigenvalue weighted by molar-refractivity contribution is -0.138. The van der Waals surface area contributed by atoms with Gasteiger partial charge in [-0.1, -0.05) is 31.4 Å². The number of ketones is 1. The fourth-order valence-electron chi connectivity index (χ4n) is 3.24. The molecule has 7 nitrogen and oxygen atoms in total. The summed E-state index contributed by atoms with van der Waals surface area (Å²) >= 11 is 0. The summed E-state index contributed by atoms with van der Waals surface area (Å²) in [4.78, 5) is 34.2. The van der Waals surface area contributed by atoms with Crippen molar-refractivity contribution in [3.63, 3.8) is 0 Å². The van der Waals surface area contributed by atoms with Gasteiger partial charge in [0.05, 0.1) is 23.7 Å². The van der Waals surface area contributed by atoms with E-state index in [4.69, 9.17) is 4.74 Å². The second kappa shape index (κ2) is 11.6. The van der Waals surface area contributed by atoms with Crippen LogP contribution in [-0.2, 0) is 16.0 Å². The Morgan fingerprint density at radius 3 is 2.72 bits per heavy atom. The van der Waals surface area contributed by atoms with Crippen molar-refractivity contribution in [3.05, 3.63) is 83.3 Å². The van der Waals surface area contributed by atoms with Gasteiger partial charge in [0, 0.05) is 31.4 Å². The summed E-state index contributed by atoms with van der Waals surface area (Å²) in [6.07, 6.45) is 9.68. The number of rotatable bonds is 9. The van der Waals surface area contributed by atoms with E-state index in [1.807, 2.05) is 33.0 Å². The number of aromatic nitrogens is 1.